The van der Waals surface area contributed by atoms with Gasteiger partial charge >= 0.3 is 0 Å². The van der Waals surface area contributed by atoms with Crippen LogP contribution >= 0.6 is 0 Å². The van der Waals surface area contributed by atoms with Crippen molar-refractivity contribution in [2.75, 3.05) is 32.8 Å². The number of hydrogen-bond donors (Lipinski definition) is 2. The molecule has 2 heterocycles. The van der Waals surface area contributed by atoms with Gasteiger partial charge in [-0.05, 0) is 57.0 Å². The predicted molar refractivity (Wildman–Crippen MR) is 90.4 cm³/mol. The Labute approximate surface area is 142 Å². The zero-order chi connectivity index (χ0) is 16.9. The number of amides is 1. The fourth-order valence-corrected chi connectivity index (χ4v) is 3.26. The van der Waals surface area contributed by atoms with Crippen LogP contribution in [0.1, 0.15) is 25.3 Å². The third-order valence-corrected chi connectivity index (χ3v) is 4.49. The van der Waals surface area contributed by atoms with Gasteiger partial charge in [-0.1, -0.05) is 6.07 Å². The van der Waals surface area contributed by atoms with E-state index in [0.29, 0.717) is 19.6 Å². The van der Waals surface area contributed by atoms with Crippen molar-refractivity contribution < 1.29 is 19.4 Å². The molecule has 0 saturated carbocycles. The molecule has 3 rings (SSSR count). The second-order valence-electron chi connectivity index (χ2n) is 6.57. The standard InChI is InChI=1S/C18H26N2O4/c1-13(21)18(22)19-15(12-20-6-2-3-7-20)10-14-4-5-16-17(11-14)24-9-8-23-16/h4-5,11,13,15,21H,2-3,6-10,12H2,1H3,(H,19,22). The molecule has 2 N–H and O–H groups in total. The van der Waals surface area contributed by atoms with E-state index in [1.54, 1.807) is 0 Å². The molecule has 0 spiro atoms. The van der Waals surface area contributed by atoms with Crippen LogP contribution in [-0.4, -0.2) is 60.9 Å². The van der Waals surface area contributed by atoms with E-state index >= 15 is 0 Å². The van der Waals surface area contributed by atoms with Crippen LogP contribution in [0.3, 0.4) is 0 Å². The number of fused-ring (bicyclic) bond motifs is 1. The maximum Gasteiger partial charge on any atom is 0.248 e. The second-order valence-corrected chi connectivity index (χ2v) is 6.57. The van der Waals surface area contributed by atoms with E-state index in [-0.39, 0.29) is 11.9 Å². The van der Waals surface area contributed by atoms with Crippen LogP contribution in [0, 0.1) is 0 Å². The van der Waals surface area contributed by atoms with Gasteiger partial charge in [-0.25, -0.2) is 0 Å². The lowest BCUT2D eigenvalue weighted by Crippen LogP contribution is -2.47. The van der Waals surface area contributed by atoms with E-state index in [1.807, 2.05) is 18.2 Å². The summed E-state index contributed by atoms with van der Waals surface area (Å²) in [5, 5.41) is 12.5. The molecule has 1 fully saturated rings. The van der Waals surface area contributed by atoms with Crippen molar-refractivity contribution in [1.29, 1.82) is 0 Å². The summed E-state index contributed by atoms with van der Waals surface area (Å²) in [6.07, 6.45) is 2.12. The van der Waals surface area contributed by atoms with E-state index in [4.69, 9.17) is 9.47 Å². The van der Waals surface area contributed by atoms with E-state index in [9.17, 15) is 9.90 Å². The summed E-state index contributed by atoms with van der Waals surface area (Å²) in [4.78, 5) is 14.3. The summed E-state index contributed by atoms with van der Waals surface area (Å²) in [6.45, 7) is 5.57. The van der Waals surface area contributed by atoms with Crippen molar-refractivity contribution in [2.45, 2.75) is 38.3 Å². The average Bonchev–Trinajstić information content (AvgIpc) is 3.07. The first-order valence-electron chi connectivity index (χ1n) is 8.71. The number of nitrogens with zero attached hydrogens (tertiary/aromatic N) is 1. The Morgan fingerprint density at radius 3 is 2.67 bits per heavy atom. The molecule has 0 aliphatic carbocycles. The Bertz CT molecular complexity index is 570. The minimum absolute atomic E-state index is 0.0345. The van der Waals surface area contributed by atoms with E-state index in [2.05, 4.69) is 10.2 Å². The summed E-state index contributed by atoms with van der Waals surface area (Å²) in [7, 11) is 0. The fraction of sp³-hybridized carbons (Fsp3) is 0.611. The molecule has 1 saturated heterocycles. The van der Waals surface area contributed by atoms with Crippen LogP contribution in [0.2, 0.25) is 0 Å². The van der Waals surface area contributed by atoms with Crippen molar-refractivity contribution in [3.63, 3.8) is 0 Å². The number of carbonyl (C=O) groups is 1. The molecule has 6 nitrogen and oxygen atoms in total. The topological polar surface area (TPSA) is 71.0 Å². The normalized spacial score (nSPS) is 19.8. The van der Waals surface area contributed by atoms with Crippen LogP contribution in [-0.2, 0) is 11.2 Å². The summed E-state index contributed by atoms with van der Waals surface area (Å²) in [5.74, 6) is 1.21. The number of likely N-dealkylation sites (tertiary alicyclic amines) is 1. The van der Waals surface area contributed by atoms with Crippen LogP contribution in [0.4, 0.5) is 0 Å². The van der Waals surface area contributed by atoms with Crippen LogP contribution in [0.25, 0.3) is 0 Å². The van der Waals surface area contributed by atoms with Crippen LogP contribution in [0.15, 0.2) is 18.2 Å². The first kappa shape index (κ1) is 17.0. The lowest BCUT2D eigenvalue weighted by Gasteiger charge is -2.26. The van der Waals surface area contributed by atoms with Gasteiger partial charge in [0.05, 0.1) is 0 Å². The lowest BCUT2D eigenvalue weighted by molar-refractivity contribution is -0.129. The number of ether oxygens (including phenoxy) is 2. The maximum atomic E-state index is 11.9. The van der Waals surface area contributed by atoms with Gasteiger partial charge in [-0.3, -0.25) is 4.79 Å². The molecular formula is C18H26N2O4. The molecule has 1 aromatic carbocycles. The summed E-state index contributed by atoms with van der Waals surface area (Å²) in [6, 6.07) is 5.89. The highest BCUT2D eigenvalue weighted by Crippen LogP contribution is 2.31. The Balaban J connectivity index is 1.68. The van der Waals surface area contributed by atoms with E-state index in [1.165, 1.54) is 19.8 Å². The molecule has 6 heteroatoms. The summed E-state index contributed by atoms with van der Waals surface area (Å²) in [5.41, 5.74) is 1.09. The predicted octanol–water partition coefficient (Wildman–Crippen LogP) is 0.962. The van der Waals surface area contributed by atoms with Gasteiger partial charge in [0.1, 0.15) is 19.3 Å². The minimum atomic E-state index is -0.994. The molecule has 2 atom stereocenters. The largest absolute Gasteiger partial charge is 0.486 e. The molecule has 0 radical (unpaired) electrons. The monoisotopic (exact) mass is 334 g/mol. The third kappa shape index (κ3) is 4.39. The Morgan fingerprint density at radius 2 is 1.96 bits per heavy atom. The highest BCUT2D eigenvalue weighted by Gasteiger charge is 2.22. The average molecular weight is 334 g/mol. The van der Waals surface area contributed by atoms with Crippen molar-refractivity contribution in [3.8, 4) is 11.5 Å². The zero-order valence-electron chi connectivity index (χ0n) is 14.2. The number of rotatable bonds is 6. The number of aliphatic hydroxyl groups excluding tert-OH is 1. The SMILES string of the molecule is CC(O)C(=O)NC(Cc1ccc2c(c1)OCCO2)CN1CCCC1. The Hall–Kier alpha value is -1.79. The van der Waals surface area contributed by atoms with E-state index < -0.39 is 6.10 Å². The molecule has 1 amide bonds. The van der Waals surface area contributed by atoms with Crippen LogP contribution in [0.5, 0.6) is 11.5 Å². The highest BCUT2D eigenvalue weighted by atomic mass is 16.6. The van der Waals surface area contributed by atoms with Gasteiger partial charge in [-0.2, -0.15) is 0 Å². The second kappa shape index (κ2) is 7.85. The Kier molecular flexibility index (Phi) is 5.58. The van der Waals surface area contributed by atoms with Gasteiger partial charge in [0, 0.05) is 12.6 Å². The number of benzene rings is 1. The molecule has 2 unspecified atom stereocenters. The maximum absolute atomic E-state index is 11.9. The molecule has 2 aliphatic heterocycles. The molecular weight excluding hydrogens is 308 g/mol. The first-order chi connectivity index (χ1) is 11.6. The minimum Gasteiger partial charge on any atom is -0.486 e. The molecule has 132 valence electrons. The third-order valence-electron chi connectivity index (χ3n) is 4.49. The molecule has 1 aromatic rings. The fourth-order valence-electron chi connectivity index (χ4n) is 3.26. The number of aliphatic hydroxyl groups is 1. The van der Waals surface area contributed by atoms with Crippen molar-refractivity contribution in [1.82, 2.24) is 10.2 Å². The highest BCUT2D eigenvalue weighted by molar-refractivity contribution is 5.80. The van der Waals surface area contributed by atoms with Crippen molar-refractivity contribution in [2.24, 2.45) is 0 Å². The van der Waals surface area contributed by atoms with Crippen molar-refractivity contribution >= 4 is 5.91 Å². The van der Waals surface area contributed by atoms with E-state index in [0.717, 1.165) is 36.7 Å². The lowest BCUT2D eigenvalue weighted by atomic mass is 10.0. The number of nitrogens with one attached hydrogen (secondary N) is 1. The number of carbonyl (C=O) groups excluding carboxylic acids is 1. The molecule has 2 aliphatic rings. The smallest absolute Gasteiger partial charge is 0.248 e. The first-order valence-corrected chi connectivity index (χ1v) is 8.71. The molecule has 0 bridgehead atoms. The van der Waals surface area contributed by atoms with Crippen LogP contribution < -0.4 is 14.8 Å². The van der Waals surface area contributed by atoms with Gasteiger partial charge in [0.2, 0.25) is 5.91 Å². The summed E-state index contributed by atoms with van der Waals surface area (Å²) < 4.78 is 11.2. The van der Waals surface area contributed by atoms with Gasteiger partial charge < -0.3 is 24.8 Å². The molecule has 0 aromatic heterocycles. The zero-order valence-corrected chi connectivity index (χ0v) is 14.2. The van der Waals surface area contributed by atoms with Gasteiger partial charge in [-0.15, -0.1) is 0 Å². The van der Waals surface area contributed by atoms with Crippen molar-refractivity contribution in [3.05, 3.63) is 23.8 Å². The quantitative estimate of drug-likeness (QED) is 0.811. The molecule has 24 heavy (non-hydrogen) atoms. The van der Waals surface area contributed by atoms with Gasteiger partial charge in [0.25, 0.3) is 0 Å². The van der Waals surface area contributed by atoms with Gasteiger partial charge in [0.15, 0.2) is 11.5 Å². The number of hydrogen-bond acceptors (Lipinski definition) is 5. The Morgan fingerprint density at radius 1 is 1.25 bits per heavy atom. The summed E-state index contributed by atoms with van der Waals surface area (Å²) >= 11 is 0.